The molecule has 0 spiro atoms. The summed E-state index contributed by atoms with van der Waals surface area (Å²) < 4.78 is 5.40. The minimum absolute atomic E-state index is 0.295. The Morgan fingerprint density at radius 1 is 0.889 bits per heavy atom. The number of rotatable bonds is 8. The topological polar surface area (TPSA) is 53.0 Å². The molecule has 1 N–H and O–H groups in total. The first-order chi connectivity index (χ1) is 12.8. The van der Waals surface area contributed by atoms with Gasteiger partial charge in [0.25, 0.3) is 0 Å². The molecule has 2 aromatic rings. The number of hydrogen-bond donors (Lipinski definition) is 1. The largest absolute Gasteiger partial charge is 0.463 e. The van der Waals surface area contributed by atoms with Gasteiger partial charge in [-0.1, -0.05) is 37.6 Å². The summed E-state index contributed by atoms with van der Waals surface area (Å²) in [6.45, 7) is 2.32. The van der Waals surface area contributed by atoms with E-state index >= 15 is 0 Å². The average molecular weight is 370 g/mol. The van der Waals surface area contributed by atoms with Gasteiger partial charge in [-0.2, -0.15) is 0 Å². The van der Waals surface area contributed by atoms with Gasteiger partial charge in [0.05, 0.1) is 6.61 Å². The van der Waals surface area contributed by atoms with Crippen LogP contribution >= 0.6 is 0 Å². The minimum Gasteiger partial charge on any atom is -0.463 e. The second-order valence-electron chi connectivity index (χ2n) is 7.08. The number of carbonyl (C=O) groups is 1. The molecule has 5 heteroatoms. The number of unbranched alkanes of at least 4 members (excludes halogenated alkanes) is 1. The SMILES string of the molecule is CCCCOC(=O)C(O)(c1ccc(N(C)C)cc1)c1ccc(N(C)C)cc1. The van der Waals surface area contributed by atoms with Gasteiger partial charge in [0, 0.05) is 39.6 Å². The van der Waals surface area contributed by atoms with Crippen LogP contribution in [0, 0.1) is 0 Å². The van der Waals surface area contributed by atoms with E-state index in [1.54, 1.807) is 24.3 Å². The van der Waals surface area contributed by atoms with Crippen molar-refractivity contribution < 1.29 is 14.6 Å². The number of anilines is 2. The van der Waals surface area contributed by atoms with Crippen molar-refractivity contribution in [3.8, 4) is 0 Å². The van der Waals surface area contributed by atoms with Crippen LogP contribution in [0.3, 0.4) is 0 Å². The second-order valence-corrected chi connectivity index (χ2v) is 7.08. The first-order valence-electron chi connectivity index (χ1n) is 9.26. The van der Waals surface area contributed by atoms with Crippen LogP contribution in [0.15, 0.2) is 48.5 Å². The third-order valence-corrected chi connectivity index (χ3v) is 4.63. The van der Waals surface area contributed by atoms with Crippen LogP contribution in [0.4, 0.5) is 11.4 Å². The molecule has 27 heavy (non-hydrogen) atoms. The molecule has 0 aromatic heterocycles. The number of ether oxygens (including phenoxy) is 1. The Balaban J connectivity index is 2.45. The Bertz CT molecular complexity index is 686. The monoisotopic (exact) mass is 370 g/mol. The van der Waals surface area contributed by atoms with Crippen molar-refractivity contribution in [3.05, 3.63) is 59.7 Å². The highest BCUT2D eigenvalue weighted by Crippen LogP contribution is 2.33. The zero-order valence-electron chi connectivity index (χ0n) is 16.9. The summed E-state index contributed by atoms with van der Waals surface area (Å²) in [7, 11) is 7.78. The van der Waals surface area contributed by atoms with Crippen LogP contribution in [0.2, 0.25) is 0 Å². The van der Waals surface area contributed by atoms with Crippen molar-refractivity contribution >= 4 is 17.3 Å². The van der Waals surface area contributed by atoms with Crippen molar-refractivity contribution in [2.24, 2.45) is 0 Å². The molecule has 2 aromatic carbocycles. The van der Waals surface area contributed by atoms with Crippen LogP contribution < -0.4 is 9.80 Å². The molecule has 0 radical (unpaired) electrons. The molecule has 0 aliphatic rings. The normalized spacial score (nSPS) is 11.2. The molecule has 0 unspecified atom stereocenters. The van der Waals surface area contributed by atoms with Gasteiger partial charge in [0.15, 0.2) is 0 Å². The Kier molecular flexibility index (Phi) is 6.86. The number of nitrogens with zero attached hydrogens (tertiary/aromatic N) is 2. The molecule has 5 nitrogen and oxygen atoms in total. The second kappa shape index (κ2) is 8.91. The van der Waals surface area contributed by atoms with Gasteiger partial charge in [-0.15, -0.1) is 0 Å². The fourth-order valence-corrected chi connectivity index (χ4v) is 2.82. The van der Waals surface area contributed by atoms with Gasteiger partial charge in [0.2, 0.25) is 5.60 Å². The maximum atomic E-state index is 12.9. The Hall–Kier alpha value is -2.53. The Morgan fingerprint density at radius 3 is 1.63 bits per heavy atom. The molecule has 2 rings (SSSR count). The van der Waals surface area contributed by atoms with E-state index in [-0.39, 0.29) is 0 Å². The standard InChI is InChI=1S/C22H30N2O3/c1-6-7-16-27-21(25)22(26,17-8-12-19(13-9-17)23(2)3)18-10-14-20(15-11-18)24(4)5/h8-15,26H,6-7,16H2,1-5H3. The molecule has 0 fully saturated rings. The predicted molar refractivity (Wildman–Crippen MR) is 110 cm³/mol. The van der Waals surface area contributed by atoms with Gasteiger partial charge in [0.1, 0.15) is 0 Å². The lowest BCUT2D eigenvalue weighted by Gasteiger charge is -2.28. The summed E-state index contributed by atoms with van der Waals surface area (Å²) in [6, 6.07) is 14.6. The smallest absolute Gasteiger partial charge is 0.347 e. The molecule has 0 saturated heterocycles. The lowest BCUT2D eigenvalue weighted by molar-refractivity contribution is -0.162. The molecular weight excluding hydrogens is 340 g/mol. The summed E-state index contributed by atoms with van der Waals surface area (Å²) in [5.41, 5.74) is 1.12. The maximum Gasteiger partial charge on any atom is 0.347 e. The molecule has 146 valence electrons. The van der Waals surface area contributed by atoms with E-state index in [2.05, 4.69) is 0 Å². The van der Waals surface area contributed by atoms with Crippen LogP contribution in [0.25, 0.3) is 0 Å². The van der Waals surface area contributed by atoms with Gasteiger partial charge >= 0.3 is 5.97 Å². The molecule has 0 saturated carbocycles. The average Bonchev–Trinajstić information content (AvgIpc) is 2.67. The van der Waals surface area contributed by atoms with Crippen molar-refractivity contribution in [2.75, 3.05) is 44.6 Å². The van der Waals surface area contributed by atoms with E-state index in [1.807, 2.05) is 69.2 Å². The molecule has 0 aliphatic heterocycles. The summed E-state index contributed by atoms with van der Waals surface area (Å²) in [5, 5.41) is 11.5. The van der Waals surface area contributed by atoms with E-state index in [9.17, 15) is 9.90 Å². The summed E-state index contributed by atoms with van der Waals surface area (Å²) in [6.07, 6.45) is 1.68. The van der Waals surface area contributed by atoms with E-state index in [0.717, 1.165) is 24.2 Å². The van der Waals surface area contributed by atoms with E-state index in [4.69, 9.17) is 4.74 Å². The zero-order valence-corrected chi connectivity index (χ0v) is 16.9. The lowest BCUT2D eigenvalue weighted by Crippen LogP contribution is -2.38. The van der Waals surface area contributed by atoms with Gasteiger partial charge in [-0.3, -0.25) is 0 Å². The molecule has 0 bridgehead atoms. The van der Waals surface area contributed by atoms with E-state index in [1.165, 1.54) is 0 Å². The predicted octanol–water partition coefficient (Wildman–Crippen LogP) is 3.40. The summed E-state index contributed by atoms with van der Waals surface area (Å²) in [5.74, 6) is -0.647. The van der Waals surface area contributed by atoms with Crippen molar-refractivity contribution in [2.45, 2.75) is 25.4 Å². The highest BCUT2D eigenvalue weighted by atomic mass is 16.5. The van der Waals surface area contributed by atoms with Crippen molar-refractivity contribution in [1.29, 1.82) is 0 Å². The van der Waals surface area contributed by atoms with Gasteiger partial charge in [-0.05, 0) is 41.8 Å². The third-order valence-electron chi connectivity index (χ3n) is 4.63. The fraction of sp³-hybridized carbons (Fsp3) is 0.409. The van der Waals surface area contributed by atoms with Crippen LogP contribution in [-0.4, -0.2) is 45.9 Å². The van der Waals surface area contributed by atoms with E-state index < -0.39 is 11.6 Å². The number of carbonyl (C=O) groups excluding carboxylic acids is 1. The number of benzene rings is 2. The number of aliphatic hydroxyl groups is 1. The molecular formula is C22H30N2O3. The summed E-state index contributed by atoms with van der Waals surface area (Å²) >= 11 is 0. The first kappa shape index (κ1) is 20.8. The third kappa shape index (κ3) is 4.61. The summed E-state index contributed by atoms with van der Waals surface area (Å²) in [4.78, 5) is 16.8. The van der Waals surface area contributed by atoms with E-state index in [0.29, 0.717) is 17.7 Å². The van der Waals surface area contributed by atoms with Crippen LogP contribution in [0.5, 0.6) is 0 Å². The van der Waals surface area contributed by atoms with Crippen LogP contribution in [-0.2, 0) is 15.1 Å². The molecule has 0 heterocycles. The highest BCUT2D eigenvalue weighted by molar-refractivity contribution is 5.85. The first-order valence-corrected chi connectivity index (χ1v) is 9.26. The van der Waals surface area contributed by atoms with Crippen molar-refractivity contribution in [1.82, 2.24) is 0 Å². The number of hydrogen-bond acceptors (Lipinski definition) is 5. The lowest BCUT2D eigenvalue weighted by atomic mass is 9.86. The Morgan fingerprint density at radius 2 is 1.30 bits per heavy atom. The van der Waals surface area contributed by atoms with Crippen molar-refractivity contribution in [3.63, 3.8) is 0 Å². The minimum atomic E-state index is -1.84. The molecule has 0 atom stereocenters. The Labute approximate surface area is 162 Å². The maximum absolute atomic E-state index is 12.9. The quantitative estimate of drug-likeness (QED) is 0.570. The van der Waals surface area contributed by atoms with Gasteiger partial charge < -0.3 is 19.6 Å². The zero-order chi connectivity index (χ0) is 20.0. The number of esters is 1. The molecule has 0 amide bonds. The fourth-order valence-electron chi connectivity index (χ4n) is 2.82. The molecule has 0 aliphatic carbocycles. The highest BCUT2D eigenvalue weighted by Gasteiger charge is 2.41. The van der Waals surface area contributed by atoms with Gasteiger partial charge in [-0.25, -0.2) is 4.79 Å². The van der Waals surface area contributed by atoms with Crippen LogP contribution in [0.1, 0.15) is 30.9 Å².